The summed E-state index contributed by atoms with van der Waals surface area (Å²) in [5.74, 6) is -0.550. The molecule has 0 fully saturated rings. The number of imidazole rings is 1. The third-order valence-corrected chi connectivity index (χ3v) is 3.59. The van der Waals surface area contributed by atoms with Gasteiger partial charge in [-0.3, -0.25) is 10.0 Å². The van der Waals surface area contributed by atoms with Crippen molar-refractivity contribution >= 4 is 24.4 Å². The number of hydrogen-bond donors (Lipinski definition) is 2. The number of aromatic nitrogens is 2. The molecule has 1 heterocycles. The van der Waals surface area contributed by atoms with E-state index in [1.54, 1.807) is 11.6 Å². The number of rotatable bonds is 5. The van der Waals surface area contributed by atoms with Crippen LogP contribution in [0.25, 0.3) is 17.3 Å². The molecule has 2 N–H and O–H groups in total. The zero-order chi connectivity index (χ0) is 16.8. The quantitative estimate of drug-likeness (QED) is 0.418. The van der Waals surface area contributed by atoms with Crippen molar-refractivity contribution in [2.75, 3.05) is 0 Å². The lowest BCUT2D eigenvalue weighted by Gasteiger charge is -2.03. The average molecular weight is 356 g/mol. The van der Waals surface area contributed by atoms with E-state index in [0.29, 0.717) is 0 Å². The fourth-order valence-electron chi connectivity index (χ4n) is 2.36. The van der Waals surface area contributed by atoms with E-state index in [4.69, 9.17) is 5.21 Å². The molecule has 0 unspecified atom stereocenters. The van der Waals surface area contributed by atoms with E-state index in [0.717, 1.165) is 28.9 Å². The summed E-state index contributed by atoms with van der Waals surface area (Å²) in [4.78, 5) is 15.4. The lowest BCUT2D eigenvalue weighted by atomic mass is 10.1. The molecule has 0 saturated carbocycles. The normalized spacial score (nSPS) is 10.4. The van der Waals surface area contributed by atoms with Gasteiger partial charge in [-0.15, -0.1) is 12.4 Å². The first-order chi connectivity index (χ1) is 11.7. The Bertz CT molecular complexity index is 843. The molecule has 0 bridgehead atoms. The Balaban J connectivity index is 0.00000225. The predicted octanol–water partition coefficient (Wildman–Crippen LogP) is 3.54. The SMILES string of the molecule is Cl.O=C(/C=C/c1ccc(Cn2cnc(-c3ccccc3)c2)cc1)NO. The number of nitrogens with zero attached hydrogens (tertiary/aromatic N) is 2. The largest absolute Gasteiger partial charge is 0.332 e. The minimum atomic E-state index is -0.550. The lowest BCUT2D eigenvalue weighted by molar-refractivity contribution is -0.124. The van der Waals surface area contributed by atoms with Crippen molar-refractivity contribution in [3.8, 4) is 11.3 Å². The van der Waals surface area contributed by atoms with Crippen LogP contribution in [0.5, 0.6) is 0 Å². The second-order valence-electron chi connectivity index (χ2n) is 5.35. The predicted molar refractivity (Wildman–Crippen MR) is 99.4 cm³/mol. The van der Waals surface area contributed by atoms with Crippen LogP contribution in [0, 0.1) is 0 Å². The molecule has 5 nitrogen and oxygen atoms in total. The number of halogens is 1. The molecule has 0 aliphatic carbocycles. The summed E-state index contributed by atoms with van der Waals surface area (Å²) < 4.78 is 2.03. The fourth-order valence-corrected chi connectivity index (χ4v) is 2.36. The van der Waals surface area contributed by atoms with Gasteiger partial charge in [-0.2, -0.15) is 0 Å². The van der Waals surface area contributed by atoms with Gasteiger partial charge in [0.05, 0.1) is 12.0 Å². The van der Waals surface area contributed by atoms with Gasteiger partial charge in [0, 0.05) is 24.4 Å². The lowest BCUT2D eigenvalue weighted by Crippen LogP contribution is -2.14. The van der Waals surface area contributed by atoms with Gasteiger partial charge in [-0.25, -0.2) is 10.5 Å². The molecule has 1 amide bonds. The monoisotopic (exact) mass is 355 g/mol. The van der Waals surface area contributed by atoms with Gasteiger partial charge in [-0.1, -0.05) is 54.6 Å². The topological polar surface area (TPSA) is 67.2 Å². The number of amides is 1. The molecular weight excluding hydrogens is 338 g/mol. The van der Waals surface area contributed by atoms with E-state index in [-0.39, 0.29) is 12.4 Å². The first kappa shape index (κ1) is 18.4. The van der Waals surface area contributed by atoms with Crippen LogP contribution in [0.4, 0.5) is 0 Å². The molecule has 0 atom stereocenters. The first-order valence-electron chi connectivity index (χ1n) is 7.53. The van der Waals surface area contributed by atoms with Gasteiger partial charge in [0.2, 0.25) is 0 Å². The zero-order valence-corrected chi connectivity index (χ0v) is 14.2. The van der Waals surface area contributed by atoms with Gasteiger partial charge in [0.15, 0.2) is 0 Å². The van der Waals surface area contributed by atoms with Gasteiger partial charge in [-0.05, 0) is 17.2 Å². The molecule has 3 aromatic rings. The Labute approximate surface area is 152 Å². The number of benzene rings is 2. The van der Waals surface area contributed by atoms with Crippen LogP contribution in [0.3, 0.4) is 0 Å². The first-order valence-corrected chi connectivity index (χ1v) is 7.53. The van der Waals surface area contributed by atoms with Crippen molar-refractivity contribution in [3.63, 3.8) is 0 Å². The summed E-state index contributed by atoms with van der Waals surface area (Å²) >= 11 is 0. The second-order valence-corrected chi connectivity index (χ2v) is 5.35. The van der Waals surface area contributed by atoms with Crippen LogP contribution in [0.1, 0.15) is 11.1 Å². The molecule has 0 radical (unpaired) electrons. The molecule has 3 rings (SSSR count). The highest BCUT2D eigenvalue weighted by Gasteiger charge is 2.02. The van der Waals surface area contributed by atoms with E-state index in [9.17, 15) is 4.79 Å². The summed E-state index contributed by atoms with van der Waals surface area (Å²) in [7, 11) is 0. The maximum Gasteiger partial charge on any atom is 0.267 e. The Morgan fingerprint density at radius 2 is 1.84 bits per heavy atom. The minimum absolute atomic E-state index is 0. The minimum Gasteiger partial charge on any atom is -0.332 e. The van der Waals surface area contributed by atoms with Crippen molar-refractivity contribution in [2.24, 2.45) is 0 Å². The molecular formula is C19H18ClN3O2. The highest BCUT2D eigenvalue weighted by atomic mass is 35.5. The molecule has 0 spiro atoms. The highest BCUT2D eigenvalue weighted by molar-refractivity contribution is 5.90. The van der Waals surface area contributed by atoms with Crippen LogP contribution in [-0.4, -0.2) is 20.7 Å². The molecule has 6 heteroatoms. The number of nitrogens with one attached hydrogen (secondary N) is 1. The van der Waals surface area contributed by atoms with Crippen molar-refractivity contribution in [1.82, 2.24) is 15.0 Å². The fraction of sp³-hybridized carbons (Fsp3) is 0.0526. The van der Waals surface area contributed by atoms with Crippen LogP contribution in [0.15, 0.2) is 73.2 Å². The van der Waals surface area contributed by atoms with Crippen molar-refractivity contribution in [1.29, 1.82) is 0 Å². The van der Waals surface area contributed by atoms with Crippen molar-refractivity contribution in [2.45, 2.75) is 6.54 Å². The molecule has 2 aromatic carbocycles. The van der Waals surface area contributed by atoms with E-state index in [2.05, 4.69) is 4.98 Å². The summed E-state index contributed by atoms with van der Waals surface area (Å²) in [6.07, 6.45) is 6.76. The third-order valence-electron chi connectivity index (χ3n) is 3.59. The summed E-state index contributed by atoms with van der Waals surface area (Å²) in [5, 5.41) is 8.45. The molecule has 0 saturated heterocycles. The average Bonchev–Trinajstić information content (AvgIpc) is 3.10. The standard InChI is InChI=1S/C19H17N3O2.ClH/c23-19(21-24)11-10-15-6-8-16(9-7-15)12-22-13-18(20-14-22)17-4-2-1-3-5-17;/h1-11,13-14,24H,12H2,(H,21,23);1H/b11-10+;. The van der Waals surface area contributed by atoms with Crippen LogP contribution >= 0.6 is 12.4 Å². The van der Waals surface area contributed by atoms with Crippen molar-refractivity contribution in [3.05, 3.63) is 84.3 Å². The Morgan fingerprint density at radius 3 is 2.52 bits per heavy atom. The van der Waals surface area contributed by atoms with Crippen LogP contribution < -0.4 is 5.48 Å². The smallest absolute Gasteiger partial charge is 0.267 e. The highest BCUT2D eigenvalue weighted by Crippen LogP contribution is 2.17. The van der Waals surface area contributed by atoms with E-state index in [1.165, 1.54) is 6.08 Å². The third kappa shape index (κ3) is 5.04. The molecule has 0 aliphatic heterocycles. The number of carbonyl (C=O) groups excluding carboxylic acids is 1. The summed E-state index contributed by atoms with van der Waals surface area (Å²) in [5.41, 5.74) is 5.63. The van der Waals surface area contributed by atoms with E-state index < -0.39 is 5.91 Å². The maximum atomic E-state index is 11.0. The molecule has 0 aliphatic rings. The maximum absolute atomic E-state index is 11.0. The molecule has 128 valence electrons. The number of hydrogen-bond acceptors (Lipinski definition) is 3. The van der Waals surface area contributed by atoms with Crippen LogP contribution in [0.2, 0.25) is 0 Å². The van der Waals surface area contributed by atoms with Crippen LogP contribution in [-0.2, 0) is 11.3 Å². The number of carbonyl (C=O) groups is 1. The Hall–Kier alpha value is -2.89. The Kier molecular flexibility index (Phi) is 6.51. The van der Waals surface area contributed by atoms with Crippen molar-refractivity contribution < 1.29 is 10.0 Å². The molecule has 1 aromatic heterocycles. The second kappa shape index (κ2) is 8.82. The zero-order valence-electron chi connectivity index (χ0n) is 13.4. The van der Waals surface area contributed by atoms with Gasteiger partial charge < -0.3 is 4.57 Å². The summed E-state index contributed by atoms with van der Waals surface area (Å²) in [6, 6.07) is 17.9. The molecule has 25 heavy (non-hydrogen) atoms. The number of hydroxylamine groups is 1. The summed E-state index contributed by atoms with van der Waals surface area (Å²) in [6.45, 7) is 0.723. The van der Waals surface area contributed by atoms with Gasteiger partial charge in [0.25, 0.3) is 5.91 Å². The van der Waals surface area contributed by atoms with Gasteiger partial charge >= 0.3 is 0 Å². The Morgan fingerprint density at radius 1 is 1.12 bits per heavy atom. The van der Waals surface area contributed by atoms with Gasteiger partial charge in [0.1, 0.15) is 0 Å². The van der Waals surface area contributed by atoms with E-state index >= 15 is 0 Å². The van der Waals surface area contributed by atoms with E-state index in [1.807, 2.05) is 71.7 Å².